The van der Waals surface area contributed by atoms with E-state index in [1.165, 1.54) is 9.78 Å². The molecule has 1 aliphatic rings. The van der Waals surface area contributed by atoms with E-state index in [1.54, 1.807) is 23.5 Å². The third kappa shape index (κ3) is 2.59. The van der Waals surface area contributed by atoms with Crippen molar-refractivity contribution in [2.24, 2.45) is 0 Å². The first-order valence-electron chi connectivity index (χ1n) is 7.40. The number of imide groups is 1. The summed E-state index contributed by atoms with van der Waals surface area (Å²) in [6.45, 7) is 6.46. The number of anilines is 1. The Hall–Kier alpha value is -1.94. The number of hydrogen-bond acceptors (Lipinski definition) is 3. The molecular formula is C18H19NO2S. The minimum atomic E-state index is -0.339. The smallest absolute Gasteiger partial charge is 0.242 e. The van der Waals surface area contributed by atoms with Crippen LogP contribution in [0.1, 0.15) is 42.9 Å². The van der Waals surface area contributed by atoms with Gasteiger partial charge in [0.05, 0.1) is 11.6 Å². The largest absolute Gasteiger partial charge is 0.274 e. The molecule has 4 heteroatoms. The number of carbonyl (C=O) groups is 2. The third-order valence-corrected chi connectivity index (χ3v) is 5.50. The molecule has 2 heterocycles. The van der Waals surface area contributed by atoms with Crippen LogP contribution in [0.5, 0.6) is 0 Å². The van der Waals surface area contributed by atoms with Crippen LogP contribution >= 0.6 is 11.3 Å². The topological polar surface area (TPSA) is 37.4 Å². The van der Waals surface area contributed by atoms with Crippen molar-refractivity contribution in [2.75, 3.05) is 4.90 Å². The van der Waals surface area contributed by atoms with Gasteiger partial charge in [-0.05, 0) is 29.7 Å². The molecule has 114 valence electrons. The minimum Gasteiger partial charge on any atom is -0.274 e. The van der Waals surface area contributed by atoms with Crippen LogP contribution in [0, 0.1) is 0 Å². The Morgan fingerprint density at radius 1 is 1.05 bits per heavy atom. The second-order valence-electron chi connectivity index (χ2n) is 6.61. The second kappa shape index (κ2) is 5.36. The molecule has 1 aliphatic heterocycles. The minimum absolute atomic E-state index is 0.0632. The Labute approximate surface area is 134 Å². The van der Waals surface area contributed by atoms with Gasteiger partial charge in [-0.2, -0.15) is 0 Å². The van der Waals surface area contributed by atoms with E-state index in [0.717, 1.165) is 4.88 Å². The average molecular weight is 313 g/mol. The Balaban J connectivity index is 1.90. The summed E-state index contributed by atoms with van der Waals surface area (Å²) >= 11 is 1.64. The molecule has 2 amide bonds. The van der Waals surface area contributed by atoms with E-state index in [4.69, 9.17) is 0 Å². The zero-order valence-corrected chi connectivity index (χ0v) is 13.8. The van der Waals surface area contributed by atoms with Crippen LogP contribution in [-0.4, -0.2) is 11.8 Å². The van der Waals surface area contributed by atoms with E-state index >= 15 is 0 Å². The molecule has 0 N–H and O–H groups in total. The fourth-order valence-electron chi connectivity index (χ4n) is 2.65. The van der Waals surface area contributed by atoms with Crippen LogP contribution in [0.3, 0.4) is 0 Å². The SMILES string of the molecule is CC(C)(C)c1ccc(C2CC(=O)N(c3ccccc3)C2=O)s1. The lowest BCUT2D eigenvalue weighted by Crippen LogP contribution is -2.29. The van der Waals surface area contributed by atoms with Crippen molar-refractivity contribution < 1.29 is 9.59 Å². The van der Waals surface area contributed by atoms with Crippen LogP contribution in [0.4, 0.5) is 5.69 Å². The number of benzene rings is 1. The van der Waals surface area contributed by atoms with Gasteiger partial charge >= 0.3 is 0 Å². The Kier molecular flexibility index (Phi) is 3.65. The van der Waals surface area contributed by atoms with E-state index in [1.807, 2.05) is 24.3 Å². The first-order chi connectivity index (χ1) is 10.4. The molecule has 1 unspecified atom stereocenters. The first kappa shape index (κ1) is 15.0. The van der Waals surface area contributed by atoms with Crippen molar-refractivity contribution in [3.8, 4) is 0 Å². The molecule has 1 fully saturated rings. The van der Waals surface area contributed by atoms with E-state index in [9.17, 15) is 9.59 Å². The Morgan fingerprint density at radius 2 is 1.73 bits per heavy atom. The lowest BCUT2D eigenvalue weighted by Gasteiger charge is -2.16. The van der Waals surface area contributed by atoms with Crippen molar-refractivity contribution >= 4 is 28.8 Å². The number of carbonyl (C=O) groups excluding carboxylic acids is 2. The van der Waals surface area contributed by atoms with Gasteiger partial charge in [-0.3, -0.25) is 9.59 Å². The maximum atomic E-state index is 12.7. The van der Waals surface area contributed by atoms with E-state index in [0.29, 0.717) is 5.69 Å². The van der Waals surface area contributed by atoms with Crippen molar-refractivity contribution in [1.29, 1.82) is 0 Å². The maximum absolute atomic E-state index is 12.7. The zero-order chi connectivity index (χ0) is 15.9. The summed E-state index contributed by atoms with van der Waals surface area (Å²) in [6.07, 6.45) is 0.262. The molecular weight excluding hydrogens is 294 g/mol. The molecule has 22 heavy (non-hydrogen) atoms. The number of rotatable bonds is 2. The van der Waals surface area contributed by atoms with E-state index in [2.05, 4.69) is 26.8 Å². The third-order valence-electron chi connectivity index (χ3n) is 3.87. The summed E-state index contributed by atoms with van der Waals surface area (Å²) < 4.78 is 0. The van der Waals surface area contributed by atoms with Gasteiger partial charge in [0.2, 0.25) is 11.8 Å². The monoisotopic (exact) mass is 313 g/mol. The number of nitrogens with zero attached hydrogens (tertiary/aromatic N) is 1. The zero-order valence-electron chi connectivity index (χ0n) is 13.0. The standard InChI is InChI=1S/C18H19NO2S/c1-18(2,3)15-10-9-14(22-15)13-11-16(20)19(17(13)21)12-7-5-4-6-8-12/h4-10,13H,11H2,1-3H3. The van der Waals surface area contributed by atoms with Crippen LogP contribution < -0.4 is 4.90 Å². The molecule has 3 nitrogen and oxygen atoms in total. The van der Waals surface area contributed by atoms with Crippen LogP contribution in [-0.2, 0) is 15.0 Å². The summed E-state index contributed by atoms with van der Waals surface area (Å²) in [5.41, 5.74) is 0.723. The number of thiophene rings is 1. The summed E-state index contributed by atoms with van der Waals surface area (Å²) in [7, 11) is 0. The molecule has 3 rings (SSSR count). The summed E-state index contributed by atoms with van der Waals surface area (Å²) in [5.74, 6) is -0.570. The highest BCUT2D eigenvalue weighted by atomic mass is 32.1. The highest BCUT2D eigenvalue weighted by molar-refractivity contribution is 7.12. The predicted octanol–water partition coefficient (Wildman–Crippen LogP) is 4.09. The first-order valence-corrected chi connectivity index (χ1v) is 8.21. The van der Waals surface area contributed by atoms with Gasteiger partial charge in [0.1, 0.15) is 0 Å². The lowest BCUT2D eigenvalue weighted by atomic mass is 9.95. The van der Waals surface area contributed by atoms with Crippen LogP contribution in [0.15, 0.2) is 42.5 Å². The van der Waals surface area contributed by atoms with Gasteiger partial charge in [-0.25, -0.2) is 4.90 Å². The lowest BCUT2D eigenvalue weighted by molar-refractivity contribution is -0.121. The van der Waals surface area contributed by atoms with Gasteiger partial charge in [0.15, 0.2) is 0 Å². The van der Waals surface area contributed by atoms with Crippen molar-refractivity contribution in [2.45, 2.75) is 38.5 Å². The van der Waals surface area contributed by atoms with Crippen molar-refractivity contribution in [1.82, 2.24) is 0 Å². The normalized spacial score (nSPS) is 19.0. The van der Waals surface area contributed by atoms with Crippen molar-refractivity contribution in [3.63, 3.8) is 0 Å². The van der Waals surface area contributed by atoms with Gasteiger partial charge in [0, 0.05) is 16.2 Å². The number of hydrogen-bond donors (Lipinski definition) is 0. The molecule has 0 saturated carbocycles. The number of para-hydroxylation sites is 1. The van der Waals surface area contributed by atoms with Crippen LogP contribution in [0.2, 0.25) is 0 Å². The van der Waals surface area contributed by atoms with E-state index < -0.39 is 0 Å². The molecule has 1 aromatic heterocycles. The fraction of sp³-hybridized carbons (Fsp3) is 0.333. The van der Waals surface area contributed by atoms with Gasteiger partial charge < -0.3 is 0 Å². The second-order valence-corrected chi connectivity index (χ2v) is 7.73. The fourth-order valence-corrected chi connectivity index (χ4v) is 3.80. The van der Waals surface area contributed by atoms with Gasteiger partial charge in [-0.1, -0.05) is 39.0 Å². The molecule has 2 aromatic rings. The quantitative estimate of drug-likeness (QED) is 0.783. The molecule has 0 aliphatic carbocycles. The summed E-state index contributed by atoms with van der Waals surface area (Å²) in [5, 5.41) is 0. The predicted molar refractivity (Wildman–Crippen MR) is 89.3 cm³/mol. The molecule has 0 bridgehead atoms. The maximum Gasteiger partial charge on any atom is 0.242 e. The highest BCUT2D eigenvalue weighted by Gasteiger charge is 2.41. The van der Waals surface area contributed by atoms with Gasteiger partial charge in [0.25, 0.3) is 0 Å². The van der Waals surface area contributed by atoms with Crippen LogP contribution in [0.25, 0.3) is 0 Å². The molecule has 1 atom stereocenters. The van der Waals surface area contributed by atoms with Crippen molar-refractivity contribution in [3.05, 3.63) is 52.2 Å². The summed E-state index contributed by atoms with van der Waals surface area (Å²) in [6, 6.07) is 13.2. The summed E-state index contributed by atoms with van der Waals surface area (Å²) in [4.78, 5) is 28.5. The average Bonchev–Trinajstić information content (AvgIpc) is 3.04. The molecule has 0 spiro atoms. The Bertz CT molecular complexity index is 712. The number of amides is 2. The molecule has 1 aromatic carbocycles. The Morgan fingerprint density at radius 3 is 2.32 bits per heavy atom. The molecule has 1 saturated heterocycles. The highest BCUT2D eigenvalue weighted by Crippen LogP contribution is 2.39. The molecule has 0 radical (unpaired) electrons. The van der Waals surface area contributed by atoms with Gasteiger partial charge in [-0.15, -0.1) is 11.3 Å². The van der Waals surface area contributed by atoms with E-state index in [-0.39, 0.29) is 29.6 Å².